The SMILES string of the molecule is C[N+](C)(C)CCOP(=O)([O-])[O-].[Cl-].[K+].[K+]. The fourth-order valence-corrected chi connectivity index (χ4v) is 0.732. The second kappa shape index (κ2) is 11.7. The first-order chi connectivity index (χ1) is 4.71. The molecule has 0 aromatic carbocycles. The summed E-state index contributed by atoms with van der Waals surface area (Å²) in [6, 6.07) is 0. The van der Waals surface area contributed by atoms with E-state index in [-0.39, 0.29) is 122 Å². The Morgan fingerprint density at radius 2 is 1.57 bits per heavy atom. The van der Waals surface area contributed by atoms with E-state index in [0.717, 1.165) is 0 Å². The summed E-state index contributed by atoms with van der Waals surface area (Å²) in [7, 11) is 0.875. The third-order valence-corrected chi connectivity index (χ3v) is 1.51. The molecule has 0 unspecified atom stereocenters. The molecule has 0 atom stereocenters. The fourth-order valence-electron chi connectivity index (χ4n) is 0.426. The Morgan fingerprint density at radius 1 is 1.21 bits per heavy atom. The molecule has 0 saturated heterocycles. The van der Waals surface area contributed by atoms with Gasteiger partial charge in [0.1, 0.15) is 13.2 Å². The number of rotatable bonds is 4. The van der Waals surface area contributed by atoms with Crippen molar-refractivity contribution < 1.29 is 139 Å². The molecule has 76 valence electrons. The van der Waals surface area contributed by atoms with Gasteiger partial charge < -0.3 is 35.8 Å². The molecule has 0 aliphatic carbocycles. The average Bonchev–Trinajstić information content (AvgIpc) is 1.55. The molecule has 0 spiro atoms. The van der Waals surface area contributed by atoms with Crippen LogP contribution >= 0.6 is 7.82 Å². The van der Waals surface area contributed by atoms with Crippen molar-refractivity contribution in [1.29, 1.82) is 0 Å². The van der Waals surface area contributed by atoms with Crippen molar-refractivity contribution in [2.75, 3.05) is 34.3 Å². The molecule has 0 N–H and O–H groups in total. The molecule has 0 aliphatic heterocycles. The molecule has 5 nitrogen and oxygen atoms in total. The van der Waals surface area contributed by atoms with E-state index in [2.05, 4.69) is 4.52 Å². The third-order valence-electron chi connectivity index (χ3n) is 1.01. The molecule has 0 rings (SSSR count). The van der Waals surface area contributed by atoms with Gasteiger partial charge in [0, 0.05) is 0 Å². The van der Waals surface area contributed by atoms with Crippen LogP contribution in [0.3, 0.4) is 0 Å². The summed E-state index contributed by atoms with van der Waals surface area (Å²) in [4.78, 5) is 19.9. The van der Waals surface area contributed by atoms with E-state index in [1.807, 2.05) is 21.1 Å². The largest absolute Gasteiger partial charge is 1.00 e. The van der Waals surface area contributed by atoms with E-state index in [1.54, 1.807) is 0 Å². The molecule has 0 radical (unpaired) electrons. The first-order valence-corrected chi connectivity index (χ1v) is 4.64. The Morgan fingerprint density at radius 3 is 1.79 bits per heavy atom. The van der Waals surface area contributed by atoms with E-state index in [0.29, 0.717) is 11.0 Å². The van der Waals surface area contributed by atoms with Crippen LogP contribution in [0, 0.1) is 0 Å². The van der Waals surface area contributed by atoms with Gasteiger partial charge in [-0.1, -0.05) is 0 Å². The molecule has 14 heavy (non-hydrogen) atoms. The number of halogens is 1. The molecule has 0 heterocycles. The van der Waals surface area contributed by atoms with Crippen LogP contribution in [0.2, 0.25) is 0 Å². The first kappa shape index (κ1) is 26.2. The minimum absolute atomic E-state index is 0. The summed E-state index contributed by atoms with van der Waals surface area (Å²) in [5.74, 6) is 0. The van der Waals surface area contributed by atoms with Crippen molar-refractivity contribution in [2.24, 2.45) is 0 Å². The summed E-state index contributed by atoms with van der Waals surface area (Å²) < 4.78 is 14.6. The quantitative estimate of drug-likeness (QED) is 0.293. The van der Waals surface area contributed by atoms with Gasteiger partial charge in [-0.2, -0.15) is 0 Å². The molecular weight excluding hydrogens is 283 g/mol. The number of phosphoric acid groups is 1. The van der Waals surface area contributed by atoms with Gasteiger partial charge in [0.25, 0.3) is 0 Å². The van der Waals surface area contributed by atoms with E-state index in [1.165, 1.54) is 0 Å². The summed E-state index contributed by atoms with van der Waals surface area (Å²) in [5, 5.41) is 0. The zero-order valence-electron chi connectivity index (χ0n) is 9.32. The summed E-state index contributed by atoms with van der Waals surface area (Å²) in [5.41, 5.74) is 0. The zero-order valence-corrected chi connectivity index (χ0v) is 17.2. The van der Waals surface area contributed by atoms with Gasteiger partial charge in [0.05, 0.1) is 29.0 Å². The molecule has 0 amide bonds. The predicted molar refractivity (Wildman–Crippen MR) is 36.5 cm³/mol. The third kappa shape index (κ3) is 24.7. The smallest absolute Gasteiger partial charge is 1.00 e. The van der Waals surface area contributed by atoms with Gasteiger partial charge in [0.2, 0.25) is 0 Å². The topological polar surface area (TPSA) is 72.4 Å². The fraction of sp³-hybridized carbons (Fsp3) is 1.00. The number of likely N-dealkylation sites (N-methyl/N-ethyl adjacent to an activating group) is 1. The summed E-state index contributed by atoms with van der Waals surface area (Å²) in [6.45, 7) is 0.447. The standard InChI is InChI=1S/C5H14NO4P.ClH.2K/c1-6(2,3)4-5-10-11(7,8)9;;;/h4-5H2,1-3H3,(H-,7,8,9);1H;;/q;;2*+1/p-2. The van der Waals surface area contributed by atoms with Gasteiger partial charge in [-0.05, 0) is 0 Å². The number of phosphoric ester groups is 1. The Kier molecular flexibility index (Phi) is 21.9. The Labute approximate surface area is 176 Å². The summed E-state index contributed by atoms with van der Waals surface area (Å²) >= 11 is 0. The number of quaternary nitrogens is 1. The van der Waals surface area contributed by atoms with E-state index >= 15 is 0 Å². The molecule has 0 aromatic rings. The monoisotopic (exact) mass is 295 g/mol. The maximum atomic E-state index is 9.96. The van der Waals surface area contributed by atoms with Crippen LogP contribution in [0.25, 0.3) is 0 Å². The van der Waals surface area contributed by atoms with Crippen LogP contribution in [0.5, 0.6) is 0 Å². The van der Waals surface area contributed by atoms with Gasteiger partial charge >= 0.3 is 103 Å². The van der Waals surface area contributed by atoms with Gasteiger partial charge in [-0.3, -0.25) is 0 Å². The van der Waals surface area contributed by atoms with Crippen molar-refractivity contribution in [3.8, 4) is 0 Å². The molecule has 0 aromatic heterocycles. The molecule has 0 bridgehead atoms. The van der Waals surface area contributed by atoms with Crippen LogP contribution in [-0.4, -0.2) is 38.8 Å². The number of hydrogen-bond donors (Lipinski definition) is 0. The van der Waals surface area contributed by atoms with Crippen molar-refractivity contribution in [3.05, 3.63) is 0 Å². The van der Waals surface area contributed by atoms with Crippen molar-refractivity contribution >= 4 is 7.82 Å². The van der Waals surface area contributed by atoms with Crippen LogP contribution in [0.4, 0.5) is 0 Å². The first-order valence-electron chi connectivity index (χ1n) is 3.18. The van der Waals surface area contributed by atoms with Crippen LogP contribution < -0.4 is 125 Å². The molecule has 0 saturated carbocycles. The molecule has 0 aliphatic rings. The minimum atomic E-state index is -4.76. The summed E-state index contributed by atoms with van der Waals surface area (Å²) in [6.07, 6.45) is 0. The van der Waals surface area contributed by atoms with Gasteiger partial charge in [-0.15, -0.1) is 0 Å². The number of nitrogens with zero attached hydrogens (tertiary/aromatic N) is 1. The van der Waals surface area contributed by atoms with Crippen LogP contribution in [0.15, 0.2) is 0 Å². The molecule has 9 heteroatoms. The zero-order chi connectivity index (χ0) is 9.12. The molecular formula is C5H13ClK2NO4P. The Bertz CT molecular complexity index is 172. The molecule has 0 fully saturated rings. The van der Waals surface area contributed by atoms with Crippen molar-refractivity contribution in [3.63, 3.8) is 0 Å². The van der Waals surface area contributed by atoms with Crippen molar-refractivity contribution in [2.45, 2.75) is 0 Å². The maximum absolute atomic E-state index is 9.96. The Balaban J connectivity index is -0.000000167. The average molecular weight is 296 g/mol. The van der Waals surface area contributed by atoms with E-state index in [9.17, 15) is 14.4 Å². The number of hydrogen-bond acceptors (Lipinski definition) is 4. The van der Waals surface area contributed by atoms with E-state index in [4.69, 9.17) is 0 Å². The van der Waals surface area contributed by atoms with Crippen LogP contribution in [0.1, 0.15) is 0 Å². The van der Waals surface area contributed by atoms with Crippen LogP contribution in [-0.2, 0) is 9.09 Å². The second-order valence-electron chi connectivity index (χ2n) is 3.29. The Hall–Kier alpha value is 3.63. The van der Waals surface area contributed by atoms with Crippen molar-refractivity contribution in [1.82, 2.24) is 0 Å². The second-order valence-corrected chi connectivity index (χ2v) is 4.45. The van der Waals surface area contributed by atoms with Gasteiger partial charge in [0.15, 0.2) is 0 Å². The van der Waals surface area contributed by atoms with Gasteiger partial charge in [-0.25, -0.2) is 0 Å². The minimum Gasteiger partial charge on any atom is -1.00 e. The van der Waals surface area contributed by atoms with E-state index < -0.39 is 7.82 Å². The normalized spacial score (nSPS) is 10.6. The maximum Gasteiger partial charge on any atom is 1.00 e. The predicted octanol–water partition coefficient (Wildman–Crippen LogP) is -10.5.